The van der Waals surface area contributed by atoms with Gasteiger partial charge in [0.05, 0.1) is 6.20 Å². The van der Waals surface area contributed by atoms with Crippen molar-refractivity contribution in [1.82, 2.24) is 14.8 Å². The molecule has 0 fully saturated rings. The van der Waals surface area contributed by atoms with E-state index >= 15 is 0 Å². The summed E-state index contributed by atoms with van der Waals surface area (Å²) in [7, 11) is 0. The van der Waals surface area contributed by atoms with E-state index in [1.54, 1.807) is 17.1 Å². The Kier molecular flexibility index (Phi) is 3.97. The van der Waals surface area contributed by atoms with Crippen LogP contribution in [0.25, 0.3) is 11.0 Å². The van der Waals surface area contributed by atoms with Crippen LogP contribution in [0.1, 0.15) is 20.8 Å². The first kappa shape index (κ1) is 11.4. The predicted octanol–water partition coefficient (Wildman–Crippen LogP) is 2.05. The molecule has 2 rings (SSSR count). The monoisotopic (exact) mass is 205 g/mol. The quantitative estimate of drug-likeness (QED) is 0.753. The zero-order valence-corrected chi connectivity index (χ0v) is 9.27. The maximum atomic E-state index is 10.9. The highest BCUT2D eigenvalue weighted by Gasteiger charge is 2.03. The molecule has 80 valence electrons. The highest BCUT2D eigenvalue weighted by molar-refractivity contribution is 5.79. The van der Waals surface area contributed by atoms with Gasteiger partial charge in [0.25, 0.3) is 0 Å². The molecule has 0 aliphatic heterocycles. The summed E-state index contributed by atoms with van der Waals surface area (Å²) >= 11 is 0. The van der Waals surface area contributed by atoms with E-state index in [-0.39, 0.29) is 5.78 Å². The molecule has 0 aliphatic carbocycles. The highest BCUT2D eigenvalue weighted by Crippen LogP contribution is 2.08. The molecular weight excluding hydrogens is 190 g/mol. The van der Waals surface area contributed by atoms with Crippen molar-refractivity contribution in [1.29, 1.82) is 0 Å². The lowest BCUT2D eigenvalue weighted by molar-refractivity contribution is -0.117. The number of ketones is 1. The van der Waals surface area contributed by atoms with Crippen LogP contribution in [0.3, 0.4) is 0 Å². The van der Waals surface area contributed by atoms with Crippen molar-refractivity contribution in [2.45, 2.75) is 27.3 Å². The number of carbonyl (C=O) groups is 1. The minimum absolute atomic E-state index is 0.0793. The number of Topliss-reactive ketones (excluding diaryl/α,β-unsaturated/α-hetero) is 1. The average Bonchev–Trinajstić information content (AvgIpc) is 2.64. The third-order valence-corrected chi connectivity index (χ3v) is 1.77. The Hall–Kier alpha value is -1.71. The largest absolute Gasteiger partial charge is 0.298 e. The van der Waals surface area contributed by atoms with Crippen LogP contribution < -0.4 is 0 Å². The molecule has 0 bridgehead atoms. The van der Waals surface area contributed by atoms with Gasteiger partial charge in [-0.05, 0) is 19.1 Å². The third kappa shape index (κ3) is 2.62. The van der Waals surface area contributed by atoms with Crippen molar-refractivity contribution in [3.63, 3.8) is 0 Å². The van der Waals surface area contributed by atoms with Gasteiger partial charge in [0.2, 0.25) is 0 Å². The second kappa shape index (κ2) is 5.24. The number of pyridine rings is 1. The second-order valence-corrected chi connectivity index (χ2v) is 2.92. The molecule has 0 spiro atoms. The zero-order valence-electron chi connectivity index (χ0n) is 9.27. The summed E-state index contributed by atoms with van der Waals surface area (Å²) in [6.45, 7) is 5.83. The normalized spacial score (nSPS) is 9.53. The number of fused-ring (bicyclic) bond motifs is 1. The van der Waals surface area contributed by atoms with E-state index < -0.39 is 0 Å². The molecule has 4 nitrogen and oxygen atoms in total. The smallest absolute Gasteiger partial charge is 0.158 e. The van der Waals surface area contributed by atoms with Gasteiger partial charge in [-0.15, -0.1) is 0 Å². The van der Waals surface area contributed by atoms with Gasteiger partial charge < -0.3 is 0 Å². The molecule has 2 heterocycles. The summed E-state index contributed by atoms with van der Waals surface area (Å²) in [5, 5.41) is 5.03. The maximum absolute atomic E-state index is 10.9. The van der Waals surface area contributed by atoms with Crippen LogP contribution in [0.15, 0.2) is 24.5 Å². The van der Waals surface area contributed by atoms with Crippen LogP contribution in [0.5, 0.6) is 0 Å². The summed E-state index contributed by atoms with van der Waals surface area (Å²) in [5.74, 6) is 0.0793. The first-order valence-electron chi connectivity index (χ1n) is 5.03. The number of nitrogens with zero attached hydrogens (tertiary/aromatic N) is 3. The maximum Gasteiger partial charge on any atom is 0.158 e. The highest BCUT2D eigenvalue weighted by atomic mass is 16.1. The number of hydrogen-bond donors (Lipinski definition) is 0. The Balaban J connectivity index is 0.000000531. The van der Waals surface area contributed by atoms with Gasteiger partial charge in [-0.2, -0.15) is 5.10 Å². The molecule has 0 unspecified atom stereocenters. The van der Waals surface area contributed by atoms with Crippen molar-refractivity contribution in [3.8, 4) is 0 Å². The van der Waals surface area contributed by atoms with E-state index in [0.717, 1.165) is 11.0 Å². The number of rotatable bonds is 2. The van der Waals surface area contributed by atoms with E-state index in [2.05, 4.69) is 10.1 Å². The van der Waals surface area contributed by atoms with E-state index in [4.69, 9.17) is 0 Å². The van der Waals surface area contributed by atoms with Crippen molar-refractivity contribution in [2.75, 3.05) is 0 Å². The van der Waals surface area contributed by atoms with Crippen molar-refractivity contribution in [2.24, 2.45) is 0 Å². The third-order valence-electron chi connectivity index (χ3n) is 1.77. The molecule has 0 amide bonds. The standard InChI is InChI=1S/C9H9N3O.C2H6/c1-7(13)6-12-9-8(5-11-12)3-2-4-10-9;1-2/h2-5H,6H2,1H3;1-2H3. The molecule has 0 atom stereocenters. The SMILES string of the molecule is CC.CC(=O)Cn1ncc2cccnc21. The fourth-order valence-corrected chi connectivity index (χ4v) is 1.24. The number of hydrogen-bond acceptors (Lipinski definition) is 3. The predicted molar refractivity (Wildman–Crippen MR) is 59.6 cm³/mol. The van der Waals surface area contributed by atoms with Crippen LogP contribution in [0, 0.1) is 0 Å². The summed E-state index contributed by atoms with van der Waals surface area (Å²) in [6, 6.07) is 3.77. The minimum Gasteiger partial charge on any atom is -0.298 e. The molecule has 0 aromatic carbocycles. The Morgan fingerprint density at radius 1 is 1.47 bits per heavy atom. The van der Waals surface area contributed by atoms with Gasteiger partial charge in [0.1, 0.15) is 6.54 Å². The van der Waals surface area contributed by atoms with Crippen LogP contribution in [-0.2, 0) is 11.3 Å². The first-order valence-corrected chi connectivity index (χ1v) is 5.03. The summed E-state index contributed by atoms with van der Waals surface area (Å²) in [4.78, 5) is 15.0. The van der Waals surface area contributed by atoms with Gasteiger partial charge in [0, 0.05) is 11.6 Å². The molecule has 0 saturated heterocycles. The number of aromatic nitrogens is 3. The van der Waals surface area contributed by atoms with Crippen LogP contribution in [0.4, 0.5) is 0 Å². The van der Waals surface area contributed by atoms with Crippen LogP contribution in [-0.4, -0.2) is 20.5 Å². The molecule has 15 heavy (non-hydrogen) atoms. The Morgan fingerprint density at radius 3 is 2.87 bits per heavy atom. The van der Waals surface area contributed by atoms with Gasteiger partial charge >= 0.3 is 0 Å². The molecule has 0 radical (unpaired) electrons. The first-order chi connectivity index (χ1) is 7.27. The molecule has 2 aromatic rings. The van der Waals surface area contributed by atoms with Crippen LogP contribution >= 0.6 is 0 Å². The van der Waals surface area contributed by atoms with E-state index in [9.17, 15) is 4.79 Å². The molecule has 0 saturated carbocycles. The fourth-order valence-electron chi connectivity index (χ4n) is 1.24. The zero-order chi connectivity index (χ0) is 11.3. The van der Waals surface area contributed by atoms with Gasteiger partial charge in [0.15, 0.2) is 11.4 Å². The second-order valence-electron chi connectivity index (χ2n) is 2.92. The van der Waals surface area contributed by atoms with E-state index in [1.807, 2.05) is 26.0 Å². The van der Waals surface area contributed by atoms with E-state index in [1.165, 1.54) is 6.92 Å². The summed E-state index contributed by atoms with van der Waals surface area (Å²) in [5.41, 5.74) is 0.762. The van der Waals surface area contributed by atoms with Crippen molar-refractivity contribution in [3.05, 3.63) is 24.5 Å². The Labute approximate surface area is 88.9 Å². The minimum atomic E-state index is 0.0793. The van der Waals surface area contributed by atoms with E-state index in [0.29, 0.717) is 6.54 Å². The van der Waals surface area contributed by atoms with Gasteiger partial charge in [-0.1, -0.05) is 13.8 Å². The lowest BCUT2D eigenvalue weighted by Crippen LogP contribution is -2.07. The molecule has 0 aliphatic rings. The summed E-state index contributed by atoms with van der Waals surface area (Å²) < 4.78 is 1.61. The molecule has 2 aromatic heterocycles. The lowest BCUT2D eigenvalue weighted by atomic mass is 10.3. The van der Waals surface area contributed by atoms with Gasteiger partial charge in [-0.3, -0.25) is 4.79 Å². The lowest BCUT2D eigenvalue weighted by Gasteiger charge is -1.97. The number of carbonyl (C=O) groups excluding carboxylic acids is 1. The van der Waals surface area contributed by atoms with Crippen molar-refractivity contribution < 1.29 is 4.79 Å². The van der Waals surface area contributed by atoms with Crippen LogP contribution in [0.2, 0.25) is 0 Å². The molecule has 4 heteroatoms. The Morgan fingerprint density at radius 2 is 2.20 bits per heavy atom. The fraction of sp³-hybridized carbons (Fsp3) is 0.364. The molecule has 0 N–H and O–H groups in total. The summed E-state index contributed by atoms with van der Waals surface area (Å²) in [6.07, 6.45) is 3.41. The average molecular weight is 205 g/mol. The molecular formula is C11H15N3O. The van der Waals surface area contributed by atoms with Gasteiger partial charge in [-0.25, -0.2) is 9.67 Å². The van der Waals surface area contributed by atoms with Crippen molar-refractivity contribution >= 4 is 16.8 Å². The Bertz CT molecular complexity index is 448. The topological polar surface area (TPSA) is 47.8 Å².